The van der Waals surface area contributed by atoms with E-state index in [1.807, 2.05) is 30.3 Å². The maximum Gasteiger partial charge on any atom is 0.257 e. The molecule has 1 N–H and O–H groups in total. The Bertz CT molecular complexity index is 323. The normalized spacial score (nSPS) is 14.3. The molecule has 1 rings (SSSR count). The number of rotatable bonds is 4. The van der Waals surface area contributed by atoms with E-state index < -0.39 is 5.60 Å². The molecule has 0 aliphatic heterocycles. The number of nitrogens with one attached hydrogen (secondary N) is 1. The van der Waals surface area contributed by atoms with Crippen LogP contribution in [0, 0.1) is 0 Å². The summed E-state index contributed by atoms with van der Waals surface area (Å²) in [4.78, 5) is 11.8. The first-order chi connectivity index (χ1) is 7.21. The Kier molecular flexibility index (Phi) is 4.12. The van der Waals surface area contributed by atoms with Gasteiger partial charge in [-0.05, 0) is 5.56 Å². The molecular formula is C11H14ClNO2. The standard InChI is InChI=1S/C11H14ClNO2/c1-13-10(14)11(8-12,15-2)9-6-4-3-5-7-9/h3-7H,8H2,1-2H3,(H,13,14). The first-order valence-electron chi connectivity index (χ1n) is 4.60. The first kappa shape index (κ1) is 12.0. The Morgan fingerprint density at radius 2 is 2.07 bits per heavy atom. The molecule has 1 amide bonds. The van der Waals surface area contributed by atoms with Crippen molar-refractivity contribution >= 4 is 17.5 Å². The van der Waals surface area contributed by atoms with Crippen molar-refractivity contribution in [3.05, 3.63) is 35.9 Å². The predicted molar refractivity (Wildman–Crippen MR) is 59.9 cm³/mol. The zero-order valence-electron chi connectivity index (χ0n) is 8.79. The molecule has 0 aromatic heterocycles. The van der Waals surface area contributed by atoms with Crippen molar-refractivity contribution < 1.29 is 9.53 Å². The lowest BCUT2D eigenvalue weighted by Crippen LogP contribution is -2.46. The van der Waals surface area contributed by atoms with Gasteiger partial charge in [0.1, 0.15) is 0 Å². The van der Waals surface area contributed by atoms with E-state index in [1.165, 1.54) is 7.11 Å². The Labute approximate surface area is 94.4 Å². The van der Waals surface area contributed by atoms with Crippen LogP contribution in [0.5, 0.6) is 0 Å². The van der Waals surface area contributed by atoms with Crippen LogP contribution in [0.15, 0.2) is 30.3 Å². The van der Waals surface area contributed by atoms with Crippen LogP contribution < -0.4 is 5.32 Å². The number of methoxy groups -OCH3 is 1. The molecule has 1 unspecified atom stereocenters. The van der Waals surface area contributed by atoms with Crippen molar-refractivity contribution in [2.75, 3.05) is 20.0 Å². The number of ether oxygens (including phenoxy) is 1. The number of carbonyl (C=O) groups excluding carboxylic acids is 1. The SMILES string of the molecule is CNC(=O)C(CCl)(OC)c1ccccc1. The third-order valence-corrected chi connectivity index (χ3v) is 2.75. The van der Waals surface area contributed by atoms with Crippen LogP contribution in [0.3, 0.4) is 0 Å². The molecule has 0 spiro atoms. The molecule has 0 radical (unpaired) electrons. The molecule has 0 aliphatic rings. The maximum absolute atomic E-state index is 11.8. The highest BCUT2D eigenvalue weighted by molar-refractivity contribution is 6.20. The van der Waals surface area contributed by atoms with E-state index in [9.17, 15) is 4.79 Å². The Hall–Kier alpha value is -1.06. The summed E-state index contributed by atoms with van der Waals surface area (Å²) in [5, 5.41) is 2.56. The molecule has 0 fully saturated rings. The smallest absolute Gasteiger partial charge is 0.257 e. The monoisotopic (exact) mass is 227 g/mol. The highest BCUT2D eigenvalue weighted by atomic mass is 35.5. The van der Waals surface area contributed by atoms with Crippen LogP contribution in [0.1, 0.15) is 5.56 Å². The molecule has 0 saturated heterocycles. The van der Waals surface area contributed by atoms with E-state index in [0.717, 1.165) is 5.56 Å². The summed E-state index contributed by atoms with van der Waals surface area (Å²) in [5.74, 6) is -0.168. The van der Waals surface area contributed by atoms with Gasteiger partial charge in [0.2, 0.25) is 0 Å². The lowest BCUT2D eigenvalue weighted by Gasteiger charge is -2.28. The van der Waals surface area contributed by atoms with Crippen LogP contribution in [0.25, 0.3) is 0 Å². The van der Waals surface area contributed by atoms with Crippen LogP contribution >= 0.6 is 11.6 Å². The van der Waals surface area contributed by atoms with Gasteiger partial charge in [0, 0.05) is 14.2 Å². The number of hydrogen-bond acceptors (Lipinski definition) is 2. The van der Waals surface area contributed by atoms with Gasteiger partial charge in [0.25, 0.3) is 5.91 Å². The molecular weight excluding hydrogens is 214 g/mol. The summed E-state index contributed by atoms with van der Waals surface area (Å²) >= 11 is 5.85. The van der Waals surface area contributed by atoms with Crippen LogP contribution in [0.4, 0.5) is 0 Å². The molecule has 4 heteroatoms. The van der Waals surface area contributed by atoms with Gasteiger partial charge in [-0.25, -0.2) is 0 Å². The molecule has 0 bridgehead atoms. The van der Waals surface area contributed by atoms with Crippen molar-refractivity contribution in [2.24, 2.45) is 0 Å². The molecule has 82 valence electrons. The van der Waals surface area contributed by atoms with Gasteiger partial charge in [-0.1, -0.05) is 30.3 Å². The van der Waals surface area contributed by atoms with Gasteiger partial charge in [-0.3, -0.25) is 4.79 Å². The number of hydrogen-bond donors (Lipinski definition) is 1. The van der Waals surface area contributed by atoms with Gasteiger partial charge in [0.15, 0.2) is 5.60 Å². The lowest BCUT2D eigenvalue weighted by molar-refractivity contribution is -0.141. The van der Waals surface area contributed by atoms with Crippen molar-refractivity contribution in [3.63, 3.8) is 0 Å². The highest BCUT2D eigenvalue weighted by Gasteiger charge is 2.38. The van der Waals surface area contributed by atoms with E-state index >= 15 is 0 Å². The fourth-order valence-corrected chi connectivity index (χ4v) is 1.83. The molecule has 1 aromatic rings. The van der Waals surface area contributed by atoms with E-state index in [0.29, 0.717) is 0 Å². The van der Waals surface area contributed by atoms with Crippen molar-refractivity contribution in [2.45, 2.75) is 5.60 Å². The van der Waals surface area contributed by atoms with Gasteiger partial charge in [-0.2, -0.15) is 0 Å². The van der Waals surface area contributed by atoms with Gasteiger partial charge in [0.05, 0.1) is 5.88 Å². The third kappa shape index (κ3) is 2.13. The largest absolute Gasteiger partial charge is 0.362 e. The summed E-state index contributed by atoms with van der Waals surface area (Å²) < 4.78 is 5.28. The van der Waals surface area contributed by atoms with Gasteiger partial charge >= 0.3 is 0 Å². The number of likely N-dealkylation sites (N-methyl/N-ethyl adjacent to an activating group) is 1. The van der Waals surface area contributed by atoms with Crippen LogP contribution in [-0.2, 0) is 15.1 Å². The van der Waals surface area contributed by atoms with E-state index in [4.69, 9.17) is 16.3 Å². The van der Waals surface area contributed by atoms with Crippen LogP contribution in [0.2, 0.25) is 0 Å². The summed E-state index contributed by atoms with van der Waals surface area (Å²) in [5.41, 5.74) is -0.348. The number of alkyl halides is 1. The molecule has 0 saturated carbocycles. The second kappa shape index (κ2) is 5.14. The van der Waals surface area contributed by atoms with Crippen molar-refractivity contribution in [1.29, 1.82) is 0 Å². The summed E-state index contributed by atoms with van der Waals surface area (Å²) in [6.07, 6.45) is 0. The molecule has 0 aliphatic carbocycles. The average molecular weight is 228 g/mol. The quantitative estimate of drug-likeness (QED) is 0.792. The number of halogens is 1. The Morgan fingerprint density at radius 3 is 2.47 bits per heavy atom. The van der Waals surface area contributed by atoms with Crippen LogP contribution in [-0.4, -0.2) is 25.9 Å². The number of carbonyl (C=O) groups is 1. The third-order valence-electron chi connectivity index (χ3n) is 2.37. The number of amides is 1. The molecule has 1 atom stereocenters. The average Bonchev–Trinajstić information content (AvgIpc) is 2.32. The minimum absolute atomic E-state index is 0.0766. The zero-order valence-corrected chi connectivity index (χ0v) is 9.54. The fourth-order valence-electron chi connectivity index (χ4n) is 1.44. The van der Waals surface area contributed by atoms with E-state index in [1.54, 1.807) is 7.05 Å². The number of benzene rings is 1. The second-order valence-corrected chi connectivity index (χ2v) is 3.38. The zero-order chi connectivity index (χ0) is 11.3. The molecule has 0 heterocycles. The minimum Gasteiger partial charge on any atom is -0.362 e. The first-order valence-corrected chi connectivity index (χ1v) is 5.13. The lowest BCUT2D eigenvalue weighted by atomic mass is 9.94. The molecule has 3 nitrogen and oxygen atoms in total. The van der Waals surface area contributed by atoms with E-state index in [2.05, 4.69) is 5.32 Å². The minimum atomic E-state index is -1.10. The summed E-state index contributed by atoms with van der Waals surface area (Å²) in [6, 6.07) is 9.21. The Morgan fingerprint density at radius 1 is 1.47 bits per heavy atom. The predicted octanol–water partition coefficient (Wildman–Crippen LogP) is 1.51. The van der Waals surface area contributed by atoms with Crippen molar-refractivity contribution in [1.82, 2.24) is 5.32 Å². The Balaban J connectivity index is 3.17. The maximum atomic E-state index is 11.8. The second-order valence-electron chi connectivity index (χ2n) is 3.11. The van der Waals surface area contributed by atoms with Gasteiger partial charge < -0.3 is 10.1 Å². The van der Waals surface area contributed by atoms with Gasteiger partial charge in [-0.15, -0.1) is 11.6 Å². The molecule has 1 aromatic carbocycles. The van der Waals surface area contributed by atoms with Crippen molar-refractivity contribution in [3.8, 4) is 0 Å². The topological polar surface area (TPSA) is 38.3 Å². The summed E-state index contributed by atoms with van der Waals surface area (Å²) in [6.45, 7) is 0. The fraction of sp³-hybridized carbons (Fsp3) is 0.364. The summed E-state index contributed by atoms with van der Waals surface area (Å²) in [7, 11) is 3.04. The highest BCUT2D eigenvalue weighted by Crippen LogP contribution is 2.26. The van der Waals surface area contributed by atoms with E-state index in [-0.39, 0.29) is 11.8 Å². The molecule has 15 heavy (non-hydrogen) atoms.